The first-order valence-corrected chi connectivity index (χ1v) is 9.63. The number of Topliss-reactive ketones (excluding diaryl/α,β-unsaturated/α-hetero) is 1. The Balaban J connectivity index is 1.67. The molecule has 3 aromatic rings. The van der Waals surface area contributed by atoms with Crippen LogP contribution in [-0.2, 0) is 5.41 Å². The Morgan fingerprint density at radius 2 is 1.64 bits per heavy atom. The van der Waals surface area contributed by atoms with Crippen LogP contribution >= 0.6 is 11.3 Å². The number of aromatic carboxylic acids is 1. The number of thiazole rings is 1. The number of aromatic nitrogens is 1. The third kappa shape index (κ3) is 4.12. The van der Waals surface area contributed by atoms with Crippen molar-refractivity contribution in [3.05, 3.63) is 81.3 Å². The molecule has 0 saturated heterocycles. The highest BCUT2D eigenvalue weighted by Gasteiger charge is 2.23. The lowest BCUT2D eigenvalue weighted by atomic mass is 9.78. The van der Waals surface area contributed by atoms with Gasteiger partial charge in [0.05, 0.1) is 5.69 Å². The second-order valence-corrected chi connectivity index (χ2v) is 7.97. The van der Waals surface area contributed by atoms with Gasteiger partial charge in [0.2, 0.25) is 5.78 Å². The van der Waals surface area contributed by atoms with E-state index in [0.717, 1.165) is 16.9 Å². The van der Waals surface area contributed by atoms with Gasteiger partial charge in [-0.2, -0.15) is 0 Å². The van der Waals surface area contributed by atoms with Crippen LogP contribution in [0, 0.1) is 6.92 Å². The van der Waals surface area contributed by atoms with Gasteiger partial charge >= 0.3 is 5.97 Å². The quantitative estimate of drug-likeness (QED) is 0.585. The molecule has 0 atom stereocenters. The maximum absolute atomic E-state index is 12.2. The second kappa shape index (κ2) is 7.94. The SMILES string of the molecule is Cc1nc(C(=O)COc2ccc(C(C)(C)c3ccccc3)cc2)sc1C(=O)O. The van der Waals surface area contributed by atoms with Gasteiger partial charge in [0.1, 0.15) is 10.6 Å². The average Bonchev–Trinajstić information content (AvgIpc) is 3.09. The summed E-state index contributed by atoms with van der Waals surface area (Å²) in [4.78, 5) is 27.4. The summed E-state index contributed by atoms with van der Waals surface area (Å²) in [5, 5.41) is 9.22. The van der Waals surface area contributed by atoms with Crippen molar-refractivity contribution in [3.63, 3.8) is 0 Å². The van der Waals surface area contributed by atoms with E-state index in [2.05, 4.69) is 31.0 Å². The van der Waals surface area contributed by atoms with Crippen molar-refractivity contribution < 1.29 is 19.4 Å². The van der Waals surface area contributed by atoms with Crippen molar-refractivity contribution in [2.24, 2.45) is 0 Å². The van der Waals surface area contributed by atoms with Gasteiger partial charge in [-0.05, 0) is 30.2 Å². The summed E-state index contributed by atoms with van der Waals surface area (Å²) in [6.07, 6.45) is 0. The minimum absolute atomic E-state index is 0.0795. The summed E-state index contributed by atoms with van der Waals surface area (Å²) in [5.41, 5.74) is 2.54. The fourth-order valence-corrected chi connectivity index (χ4v) is 3.74. The molecule has 0 radical (unpaired) electrons. The average molecular weight is 395 g/mol. The van der Waals surface area contributed by atoms with E-state index in [1.807, 2.05) is 42.5 Å². The third-order valence-corrected chi connectivity index (χ3v) is 5.86. The fraction of sp³-hybridized carbons (Fsp3) is 0.227. The predicted octanol–water partition coefficient (Wildman–Crippen LogP) is 4.74. The number of carboxylic acid groups (broad SMARTS) is 1. The Morgan fingerprint density at radius 3 is 2.21 bits per heavy atom. The lowest BCUT2D eigenvalue weighted by Gasteiger charge is -2.26. The second-order valence-electron chi connectivity index (χ2n) is 6.97. The number of ketones is 1. The van der Waals surface area contributed by atoms with Crippen molar-refractivity contribution in [2.45, 2.75) is 26.2 Å². The Kier molecular flexibility index (Phi) is 5.61. The van der Waals surface area contributed by atoms with Crippen molar-refractivity contribution in [1.29, 1.82) is 0 Å². The Morgan fingerprint density at radius 1 is 1.04 bits per heavy atom. The molecule has 28 heavy (non-hydrogen) atoms. The van der Waals surface area contributed by atoms with Crippen LogP contribution in [0.3, 0.4) is 0 Å². The number of hydrogen-bond acceptors (Lipinski definition) is 5. The monoisotopic (exact) mass is 395 g/mol. The number of carboxylic acids is 1. The Labute approximate surface area is 167 Å². The van der Waals surface area contributed by atoms with Crippen LogP contribution in [0.1, 0.15) is 50.1 Å². The molecule has 3 rings (SSSR count). The molecule has 0 aliphatic carbocycles. The molecule has 0 unspecified atom stereocenters. The zero-order valence-electron chi connectivity index (χ0n) is 15.9. The van der Waals surface area contributed by atoms with Gasteiger partial charge in [0.25, 0.3) is 0 Å². The highest BCUT2D eigenvalue weighted by molar-refractivity contribution is 7.15. The lowest BCUT2D eigenvalue weighted by Crippen LogP contribution is -2.18. The topological polar surface area (TPSA) is 76.5 Å². The van der Waals surface area contributed by atoms with Gasteiger partial charge in [0, 0.05) is 5.41 Å². The number of rotatable bonds is 7. The highest BCUT2D eigenvalue weighted by atomic mass is 32.1. The highest BCUT2D eigenvalue weighted by Crippen LogP contribution is 2.32. The number of carbonyl (C=O) groups excluding carboxylic acids is 1. The van der Waals surface area contributed by atoms with Crippen LogP contribution in [-0.4, -0.2) is 28.4 Å². The number of ether oxygens (including phenoxy) is 1. The third-order valence-electron chi connectivity index (χ3n) is 4.67. The van der Waals surface area contributed by atoms with E-state index < -0.39 is 5.97 Å². The number of aryl methyl sites for hydroxylation is 1. The van der Waals surface area contributed by atoms with Crippen molar-refractivity contribution in [2.75, 3.05) is 6.61 Å². The molecule has 6 heteroatoms. The first-order chi connectivity index (χ1) is 13.3. The maximum atomic E-state index is 12.2. The molecular formula is C22H21NO4S. The fourth-order valence-electron chi connectivity index (χ4n) is 2.91. The normalized spacial score (nSPS) is 11.2. The molecule has 144 valence electrons. The minimum Gasteiger partial charge on any atom is -0.485 e. The zero-order valence-corrected chi connectivity index (χ0v) is 16.7. The zero-order chi connectivity index (χ0) is 20.3. The molecular weight excluding hydrogens is 374 g/mol. The standard InChI is InChI=1S/C22H21NO4S/c1-14-19(21(25)26)28-20(23-14)18(24)13-27-17-11-9-16(10-12-17)22(2,3)15-7-5-4-6-8-15/h4-12H,13H2,1-3H3,(H,25,26). The van der Waals surface area contributed by atoms with E-state index >= 15 is 0 Å². The molecule has 0 bridgehead atoms. The van der Waals surface area contributed by atoms with Gasteiger partial charge in [-0.3, -0.25) is 4.79 Å². The first-order valence-electron chi connectivity index (χ1n) is 8.82. The molecule has 0 spiro atoms. The van der Waals surface area contributed by atoms with Gasteiger partial charge in [-0.15, -0.1) is 11.3 Å². The maximum Gasteiger partial charge on any atom is 0.347 e. The molecule has 0 aliphatic rings. The summed E-state index contributed by atoms with van der Waals surface area (Å²) < 4.78 is 5.57. The van der Waals surface area contributed by atoms with Gasteiger partial charge < -0.3 is 9.84 Å². The molecule has 0 amide bonds. The van der Waals surface area contributed by atoms with E-state index in [0.29, 0.717) is 11.4 Å². The van der Waals surface area contributed by atoms with Crippen molar-refractivity contribution in [1.82, 2.24) is 4.98 Å². The minimum atomic E-state index is -1.08. The first kappa shape index (κ1) is 19.8. The number of nitrogens with zero attached hydrogens (tertiary/aromatic N) is 1. The van der Waals surface area contributed by atoms with Crippen LogP contribution in [0.5, 0.6) is 5.75 Å². The summed E-state index contributed by atoms with van der Waals surface area (Å²) >= 11 is 0.874. The molecule has 0 saturated carbocycles. The number of benzene rings is 2. The van der Waals surface area contributed by atoms with Crippen molar-refractivity contribution in [3.8, 4) is 5.75 Å². The van der Waals surface area contributed by atoms with Gasteiger partial charge in [0.15, 0.2) is 11.6 Å². The van der Waals surface area contributed by atoms with E-state index in [1.165, 1.54) is 5.56 Å². The van der Waals surface area contributed by atoms with Crippen molar-refractivity contribution >= 4 is 23.1 Å². The smallest absolute Gasteiger partial charge is 0.347 e. The van der Waals surface area contributed by atoms with Gasteiger partial charge in [-0.25, -0.2) is 9.78 Å². The predicted molar refractivity (Wildman–Crippen MR) is 109 cm³/mol. The van der Waals surface area contributed by atoms with Crippen LogP contribution in [0.2, 0.25) is 0 Å². The Bertz CT molecular complexity index is 991. The summed E-state index contributed by atoms with van der Waals surface area (Å²) in [7, 11) is 0. The van der Waals surface area contributed by atoms with E-state index in [1.54, 1.807) is 6.92 Å². The molecule has 2 aromatic carbocycles. The van der Waals surface area contributed by atoms with E-state index in [4.69, 9.17) is 9.84 Å². The number of carbonyl (C=O) groups is 2. The molecule has 0 aliphatic heterocycles. The molecule has 1 N–H and O–H groups in total. The van der Waals surface area contributed by atoms with Crippen LogP contribution < -0.4 is 4.74 Å². The summed E-state index contributed by atoms with van der Waals surface area (Å²) in [6, 6.07) is 17.9. The van der Waals surface area contributed by atoms with E-state index in [-0.39, 0.29) is 27.7 Å². The Hall–Kier alpha value is -2.99. The molecule has 1 heterocycles. The number of hydrogen-bond donors (Lipinski definition) is 1. The molecule has 0 fully saturated rings. The van der Waals surface area contributed by atoms with Crippen LogP contribution in [0.15, 0.2) is 54.6 Å². The summed E-state index contributed by atoms with van der Waals surface area (Å²) in [5.74, 6) is -0.839. The lowest BCUT2D eigenvalue weighted by molar-refractivity contribution is 0.0701. The molecule has 1 aromatic heterocycles. The summed E-state index contributed by atoms with van der Waals surface area (Å²) in [6.45, 7) is 5.71. The largest absolute Gasteiger partial charge is 0.485 e. The van der Waals surface area contributed by atoms with Crippen LogP contribution in [0.4, 0.5) is 0 Å². The van der Waals surface area contributed by atoms with E-state index in [9.17, 15) is 9.59 Å². The van der Waals surface area contributed by atoms with Gasteiger partial charge in [-0.1, -0.05) is 56.3 Å². The van der Waals surface area contributed by atoms with Crippen LogP contribution in [0.25, 0.3) is 0 Å². The molecule has 5 nitrogen and oxygen atoms in total.